The third kappa shape index (κ3) is 4.06. The first-order chi connectivity index (χ1) is 14.0. The van der Waals surface area contributed by atoms with E-state index in [2.05, 4.69) is 4.90 Å². The first kappa shape index (κ1) is 19.7. The molecule has 0 N–H and O–H groups in total. The van der Waals surface area contributed by atoms with E-state index in [1.165, 1.54) is 6.07 Å². The highest BCUT2D eigenvalue weighted by Crippen LogP contribution is 2.41. The van der Waals surface area contributed by atoms with Crippen LogP contribution in [0.2, 0.25) is 5.02 Å². The molecule has 8 heteroatoms. The molecule has 0 unspecified atom stereocenters. The maximum absolute atomic E-state index is 12.7. The summed E-state index contributed by atoms with van der Waals surface area (Å²) in [5.41, 5.74) is 1.93. The molecule has 2 aromatic rings. The Labute approximate surface area is 174 Å². The number of hydrogen-bond acceptors (Lipinski definition) is 5. The minimum absolute atomic E-state index is 0.0371. The molecule has 2 saturated heterocycles. The van der Waals surface area contributed by atoms with E-state index in [1.807, 2.05) is 24.3 Å². The van der Waals surface area contributed by atoms with E-state index in [0.29, 0.717) is 42.6 Å². The Morgan fingerprint density at radius 1 is 1.10 bits per heavy atom. The molecule has 2 aliphatic heterocycles. The van der Waals surface area contributed by atoms with Crippen molar-refractivity contribution < 1.29 is 14.5 Å². The summed E-state index contributed by atoms with van der Waals surface area (Å²) in [6, 6.07) is 12.5. The summed E-state index contributed by atoms with van der Waals surface area (Å²) in [6.45, 7) is 2.70. The van der Waals surface area contributed by atoms with Crippen LogP contribution in [0.15, 0.2) is 42.5 Å². The Morgan fingerprint density at radius 2 is 1.83 bits per heavy atom. The van der Waals surface area contributed by atoms with Crippen molar-refractivity contribution in [2.24, 2.45) is 0 Å². The van der Waals surface area contributed by atoms with Gasteiger partial charge in [0.25, 0.3) is 11.6 Å². The Kier molecular flexibility index (Phi) is 5.69. The monoisotopic (exact) mass is 415 g/mol. The van der Waals surface area contributed by atoms with Crippen LogP contribution in [0.1, 0.15) is 34.8 Å². The Bertz CT molecular complexity index is 913. The van der Waals surface area contributed by atoms with Crippen molar-refractivity contribution in [2.75, 3.05) is 37.7 Å². The molecule has 1 atom stereocenters. The van der Waals surface area contributed by atoms with Gasteiger partial charge >= 0.3 is 0 Å². The van der Waals surface area contributed by atoms with Crippen LogP contribution < -0.4 is 4.90 Å². The number of nitrogens with zero attached hydrogens (tertiary/aromatic N) is 3. The van der Waals surface area contributed by atoms with Crippen LogP contribution in [0.25, 0.3) is 0 Å². The van der Waals surface area contributed by atoms with Crippen LogP contribution in [-0.4, -0.2) is 48.6 Å². The predicted octanol–water partition coefficient (Wildman–Crippen LogP) is 4.06. The van der Waals surface area contributed by atoms with Gasteiger partial charge in [-0.1, -0.05) is 23.7 Å². The van der Waals surface area contributed by atoms with Crippen LogP contribution >= 0.6 is 11.6 Å². The number of carbonyl (C=O) groups is 1. The highest BCUT2D eigenvalue weighted by Gasteiger charge is 2.32. The van der Waals surface area contributed by atoms with Crippen LogP contribution in [-0.2, 0) is 4.74 Å². The second-order valence-electron chi connectivity index (χ2n) is 7.27. The van der Waals surface area contributed by atoms with Crippen molar-refractivity contribution in [2.45, 2.75) is 18.9 Å². The fraction of sp³-hybridized carbons (Fsp3) is 0.381. The number of ether oxygens (including phenoxy) is 1. The number of hydrogen-bond donors (Lipinski definition) is 0. The van der Waals surface area contributed by atoms with E-state index in [9.17, 15) is 14.9 Å². The summed E-state index contributed by atoms with van der Waals surface area (Å²) in [5.74, 6) is -0.196. The largest absolute Gasteiger partial charge is 0.378 e. The molecular weight excluding hydrogens is 394 g/mol. The normalized spacial score (nSPS) is 19.4. The molecule has 2 aromatic carbocycles. The first-order valence-electron chi connectivity index (χ1n) is 9.72. The Morgan fingerprint density at radius 3 is 2.52 bits per heavy atom. The van der Waals surface area contributed by atoms with Gasteiger partial charge in [0.05, 0.1) is 24.2 Å². The second-order valence-corrected chi connectivity index (χ2v) is 7.70. The van der Waals surface area contributed by atoms with Crippen molar-refractivity contribution in [3.8, 4) is 0 Å². The van der Waals surface area contributed by atoms with E-state index in [0.717, 1.165) is 24.9 Å². The average molecular weight is 416 g/mol. The van der Waals surface area contributed by atoms with Crippen molar-refractivity contribution in [3.05, 3.63) is 68.7 Å². The minimum Gasteiger partial charge on any atom is -0.378 e. The number of nitro groups is 1. The van der Waals surface area contributed by atoms with Gasteiger partial charge < -0.3 is 14.5 Å². The van der Waals surface area contributed by atoms with Crippen LogP contribution in [0, 0.1) is 10.1 Å². The molecule has 4 rings (SSSR count). The Balaban J connectivity index is 1.65. The zero-order chi connectivity index (χ0) is 20.4. The number of carbonyl (C=O) groups excluding carboxylic acids is 1. The maximum Gasteiger partial charge on any atom is 0.293 e. The summed E-state index contributed by atoms with van der Waals surface area (Å²) in [7, 11) is 0. The molecule has 7 nitrogen and oxygen atoms in total. The molecule has 0 radical (unpaired) electrons. The summed E-state index contributed by atoms with van der Waals surface area (Å²) in [6.07, 6.45) is 1.85. The SMILES string of the molecule is O=C(c1ccc(N2CCC[C@@H]2c2ccc(Cl)cc2)c([N+](=O)[O-])c1)N1CCOCC1. The lowest BCUT2D eigenvalue weighted by Crippen LogP contribution is -2.40. The third-order valence-corrected chi connectivity index (χ3v) is 5.79. The van der Waals surface area contributed by atoms with Crippen LogP contribution in [0.4, 0.5) is 11.4 Å². The average Bonchev–Trinajstić information content (AvgIpc) is 3.23. The van der Waals surface area contributed by atoms with Gasteiger partial charge in [-0.25, -0.2) is 0 Å². The van der Waals surface area contributed by atoms with Crippen molar-refractivity contribution >= 4 is 28.9 Å². The van der Waals surface area contributed by atoms with Gasteiger partial charge in [0.2, 0.25) is 0 Å². The maximum atomic E-state index is 12.7. The van der Waals surface area contributed by atoms with Crippen LogP contribution in [0.3, 0.4) is 0 Å². The van der Waals surface area contributed by atoms with Gasteiger partial charge in [-0.2, -0.15) is 0 Å². The van der Waals surface area contributed by atoms with Gasteiger partial charge in [-0.3, -0.25) is 14.9 Å². The van der Waals surface area contributed by atoms with E-state index in [4.69, 9.17) is 16.3 Å². The van der Waals surface area contributed by atoms with Gasteiger partial charge in [0.15, 0.2) is 0 Å². The lowest BCUT2D eigenvalue weighted by atomic mass is 10.0. The molecule has 29 heavy (non-hydrogen) atoms. The zero-order valence-corrected chi connectivity index (χ0v) is 16.7. The van der Waals surface area contributed by atoms with Crippen molar-refractivity contribution in [3.63, 3.8) is 0 Å². The van der Waals surface area contributed by atoms with Crippen molar-refractivity contribution in [1.29, 1.82) is 0 Å². The fourth-order valence-electron chi connectivity index (χ4n) is 4.08. The van der Waals surface area contributed by atoms with Gasteiger partial charge in [-0.15, -0.1) is 0 Å². The molecule has 1 amide bonds. The van der Waals surface area contributed by atoms with Gasteiger partial charge in [0, 0.05) is 36.3 Å². The predicted molar refractivity (Wildman–Crippen MR) is 111 cm³/mol. The minimum atomic E-state index is -0.400. The molecular formula is C21H22ClN3O4. The number of anilines is 1. The second kappa shape index (κ2) is 8.39. The molecule has 152 valence electrons. The molecule has 0 aromatic heterocycles. The molecule has 0 bridgehead atoms. The standard InChI is InChI=1S/C21H22ClN3O4/c22-17-6-3-15(4-7-17)18-2-1-9-24(18)19-8-5-16(14-20(19)25(27)28)21(26)23-10-12-29-13-11-23/h3-8,14,18H,1-2,9-13H2/t18-/m1/s1. The van der Waals surface area contributed by atoms with E-state index < -0.39 is 4.92 Å². The quantitative estimate of drug-likeness (QED) is 0.556. The number of benzene rings is 2. The molecule has 0 saturated carbocycles. The third-order valence-electron chi connectivity index (χ3n) is 5.53. The van der Waals surface area contributed by atoms with E-state index >= 15 is 0 Å². The molecule has 2 aliphatic rings. The number of rotatable bonds is 4. The van der Waals surface area contributed by atoms with E-state index in [-0.39, 0.29) is 17.6 Å². The highest BCUT2D eigenvalue weighted by atomic mass is 35.5. The molecule has 2 fully saturated rings. The zero-order valence-electron chi connectivity index (χ0n) is 15.9. The van der Waals surface area contributed by atoms with E-state index in [1.54, 1.807) is 17.0 Å². The lowest BCUT2D eigenvalue weighted by molar-refractivity contribution is -0.384. The van der Waals surface area contributed by atoms with Gasteiger partial charge in [-0.05, 0) is 42.7 Å². The van der Waals surface area contributed by atoms with Gasteiger partial charge in [0.1, 0.15) is 5.69 Å². The molecule has 0 spiro atoms. The molecule has 2 heterocycles. The smallest absolute Gasteiger partial charge is 0.293 e. The summed E-state index contributed by atoms with van der Waals surface area (Å²) in [4.78, 5) is 27.9. The number of morpholine rings is 1. The van der Waals surface area contributed by atoms with Crippen LogP contribution in [0.5, 0.6) is 0 Å². The topological polar surface area (TPSA) is 75.9 Å². The molecule has 0 aliphatic carbocycles. The number of amides is 1. The highest BCUT2D eigenvalue weighted by molar-refractivity contribution is 6.30. The summed E-state index contributed by atoms with van der Waals surface area (Å²) in [5, 5.41) is 12.5. The number of nitro benzene ring substituents is 1. The lowest BCUT2D eigenvalue weighted by Gasteiger charge is -2.28. The summed E-state index contributed by atoms with van der Waals surface area (Å²) < 4.78 is 5.28. The van der Waals surface area contributed by atoms with Crippen molar-refractivity contribution in [1.82, 2.24) is 4.90 Å². The Hall–Kier alpha value is -2.64. The fourth-order valence-corrected chi connectivity index (χ4v) is 4.21. The number of halogens is 1. The first-order valence-corrected chi connectivity index (χ1v) is 10.1. The summed E-state index contributed by atoms with van der Waals surface area (Å²) >= 11 is 6.00.